The summed E-state index contributed by atoms with van der Waals surface area (Å²) in [6, 6.07) is 8.05. The third-order valence-corrected chi connectivity index (χ3v) is 5.61. The van der Waals surface area contributed by atoms with Gasteiger partial charge in [-0.05, 0) is 23.6 Å². The van der Waals surface area contributed by atoms with E-state index in [-0.39, 0.29) is 5.56 Å². The van der Waals surface area contributed by atoms with Crippen LogP contribution in [-0.2, 0) is 13.0 Å². The fraction of sp³-hybridized carbons (Fsp3) is 0.409. The number of imidazole rings is 1. The van der Waals surface area contributed by atoms with Crippen molar-refractivity contribution < 1.29 is 9.90 Å². The molecule has 1 aliphatic carbocycles. The molecule has 2 aromatic heterocycles. The highest BCUT2D eigenvalue weighted by molar-refractivity contribution is 5.86. The van der Waals surface area contributed by atoms with Gasteiger partial charge in [0.15, 0.2) is 0 Å². The van der Waals surface area contributed by atoms with Gasteiger partial charge in [-0.25, -0.2) is 14.5 Å². The number of carbonyl (C=O) groups is 1. The van der Waals surface area contributed by atoms with Crippen LogP contribution in [0.15, 0.2) is 49.1 Å². The molecule has 2 heterocycles. The Morgan fingerprint density at radius 1 is 1.18 bits per heavy atom. The molecule has 1 fully saturated rings. The number of aromatic nitrogens is 4. The zero-order valence-electron chi connectivity index (χ0n) is 16.0. The Morgan fingerprint density at radius 2 is 2.00 bits per heavy atom. The second-order valence-electron chi connectivity index (χ2n) is 7.68. The first-order chi connectivity index (χ1) is 13.7. The Morgan fingerprint density at radius 3 is 2.75 bits per heavy atom. The van der Waals surface area contributed by atoms with Gasteiger partial charge in [0.2, 0.25) is 0 Å². The third-order valence-electron chi connectivity index (χ3n) is 5.61. The topological polar surface area (TPSA) is 72.9 Å². The smallest absolute Gasteiger partial charge is 0.338 e. The van der Waals surface area contributed by atoms with Crippen LogP contribution in [0.2, 0.25) is 0 Å². The predicted molar refractivity (Wildman–Crippen MR) is 107 cm³/mol. The molecule has 28 heavy (non-hydrogen) atoms. The molecule has 4 rings (SSSR count). The fourth-order valence-corrected chi connectivity index (χ4v) is 4.07. The van der Waals surface area contributed by atoms with Gasteiger partial charge in [0.05, 0.1) is 17.4 Å². The molecule has 6 nitrogen and oxygen atoms in total. The van der Waals surface area contributed by atoms with Crippen LogP contribution < -0.4 is 0 Å². The average Bonchev–Trinajstić information content (AvgIpc) is 3.27. The summed E-state index contributed by atoms with van der Waals surface area (Å²) in [4.78, 5) is 15.7. The van der Waals surface area contributed by atoms with Crippen LogP contribution in [0.5, 0.6) is 0 Å². The zero-order valence-corrected chi connectivity index (χ0v) is 16.0. The van der Waals surface area contributed by atoms with E-state index in [1.807, 2.05) is 24.4 Å². The lowest BCUT2D eigenvalue weighted by atomic mass is 9.96. The van der Waals surface area contributed by atoms with Crippen LogP contribution in [0.25, 0.3) is 5.69 Å². The SMILES string of the molecule is O=C(O)c1cnn(-c2cccc(Cn3ccnc3CC3CCCCCC3)c2)c1. The van der Waals surface area contributed by atoms with E-state index in [1.54, 1.807) is 4.68 Å². The molecule has 0 spiro atoms. The zero-order chi connectivity index (χ0) is 19.3. The summed E-state index contributed by atoms with van der Waals surface area (Å²) in [5.74, 6) is 0.932. The molecule has 1 aromatic carbocycles. The summed E-state index contributed by atoms with van der Waals surface area (Å²) in [7, 11) is 0. The van der Waals surface area contributed by atoms with E-state index in [9.17, 15) is 4.79 Å². The largest absolute Gasteiger partial charge is 0.478 e. The van der Waals surface area contributed by atoms with Gasteiger partial charge < -0.3 is 9.67 Å². The maximum atomic E-state index is 11.1. The molecule has 0 amide bonds. The highest BCUT2D eigenvalue weighted by atomic mass is 16.4. The standard InChI is InChI=1S/C22H26N4O2/c27-22(28)19-14-24-26(16-19)20-9-5-8-18(12-20)15-25-11-10-23-21(25)13-17-6-3-1-2-4-7-17/h5,8-12,14,16-17H,1-4,6-7,13,15H2,(H,27,28). The number of rotatable bonds is 6. The molecular formula is C22H26N4O2. The summed E-state index contributed by atoms with van der Waals surface area (Å²) in [6.45, 7) is 0.753. The maximum Gasteiger partial charge on any atom is 0.338 e. The van der Waals surface area contributed by atoms with Crippen molar-refractivity contribution in [2.24, 2.45) is 5.92 Å². The van der Waals surface area contributed by atoms with Gasteiger partial charge >= 0.3 is 5.97 Å². The number of hydrogen-bond acceptors (Lipinski definition) is 3. The average molecular weight is 378 g/mol. The lowest BCUT2D eigenvalue weighted by Crippen LogP contribution is -2.11. The number of hydrogen-bond donors (Lipinski definition) is 1. The summed E-state index contributed by atoms with van der Waals surface area (Å²) in [5, 5.41) is 13.3. The quantitative estimate of drug-likeness (QED) is 0.648. The van der Waals surface area contributed by atoms with Crippen molar-refractivity contribution in [2.75, 3.05) is 0 Å². The first kappa shape index (κ1) is 18.5. The summed E-state index contributed by atoms with van der Waals surface area (Å²) >= 11 is 0. The van der Waals surface area contributed by atoms with Crippen molar-refractivity contribution >= 4 is 5.97 Å². The van der Waals surface area contributed by atoms with E-state index in [2.05, 4.69) is 26.9 Å². The predicted octanol–water partition coefficient (Wildman–Crippen LogP) is 4.33. The molecule has 1 aliphatic rings. The number of carboxylic acids is 1. The minimum atomic E-state index is -0.969. The Labute approximate surface area is 164 Å². The van der Waals surface area contributed by atoms with Crippen molar-refractivity contribution in [1.29, 1.82) is 0 Å². The Balaban J connectivity index is 1.49. The number of carboxylic acid groups (broad SMARTS) is 1. The number of benzene rings is 1. The molecule has 0 aliphatic heterocycles. The van der Waals surface area contributed by atoms with Gasteiger partial charge in [0.25, 0.3) is 0 Å². The van der Waals surface area contributed by atoms with Crippen LogP contribution in [0.1, 0.15) is 60.3 Å². The van der Waals surface area contributed by atoms with E-state index < -0.39 is 5.97 Å². The number of aromatic carboxylic acids is 1. The third kappa shape index (κ3) is 4.32. The lowest BCUT2D eigenvalue weighted by Gasteiger charge is -2.15. The molecular weight excluding hydrogens is 352 g/mol. The molecule has 1 N–H and O–H groups in total. The van der Waals surface area contributed by atoms with E-state index in [4.69, 9.17) is 5.11 Å². The molecule has 146 valence electrons. The normalized spacial score (nSPS) is 15.4. The highest BCUT2D eigenvalue weighted by Crippen LogP contribution is 2.26. The van der Waals surface area contributed by atoms with E-state index in [0.29, 0.717) is 0 Å². The van der Waals surface area contributed by atoms with Crippen LogP contribution in [0.3, 0.4) is 0 Å². The summed E-state index contributed by atoms with van der Waals surface area (Å²) in [6.07, 6.45) is 16.0. The van der Waals surface area contributed by atoms with Crippen LogP contribution >= 0.6 is 0 Å². The molecule has 1 saturated carbocycles. The van der Waals surface area contributed by atoms with Gasteiger partial charge in [0, 0.05) is 31.6 Å². The molecule has 0 atom stereocenters. The minimum absolute atomic E-state index is 0.186. The van der Waals surface area contributed by atoms with Gasteiger partial charge in [-0.1, -0.05) is 50.7 Å². The molecule has 0 saturated heterocycles. The summed E-state index contributed by atoms with van der Waals surface area (Å²) < 4.78 is 3.84. The summed E-state index contributed by atoms with van der Waals surface area (Å²) in [5.41, 5.74) is 2.19. The number of nitrogens with zero attached hydrogens (tertiary/aromatic N) is 4. The van der Waals surface area contributed by atoms with Crippen molar-refractivity contribution in [1.82, 2.24) is 19.3 Å². The monoisotopic (exact) mass is 378 g/mol. The lowest BCUT2D eigenvalue weighted by molar-refractivity contribution is 0.0697. The first-order valence-electron chi connectivity index (χ1n) is 10.1. The van der Waals surface area contributed by atoms with Crippen LogP contribution in [0, 0.1) is 5.92 Å². The fourth-order valence-electron chi connectivity index (χ4n) is 4.07. The van der Waals surface area contributed by atoms with Gasteiger partial charge in [-0.2, -0.15) is 5.10 Å². The van der Waals surface area contributed by atoms with Gasteiger partial charge in [-0.15, -0.1) is 0 Å². The Kier molecular flexibility index (Phi) is 5.55. The van der Waals surface area contributed by atoms with Crippen molar-refractivity contribution in [3.8, 4) is 5.69 Å². The minimum Gasteiger partial charge on any atom is -0.478 e. The molecule has 0 unspecified atom stereocenters. The van der Waals surface area contributed by atoms with E-state index in [0.717, 1.165) is 36.0 Å². The molecule has 6 heteroatoms. The Hall–Kier alpha value is -2.89. The van der Waals surface area contributed by atoms with Crippen LogP contribution in [-0.4, -0.2) is 30.4 Å². The van der Waals surface area contributed by atoms with Crippen LogP contribution in [0.4, 0.5) is 0 Å². The van der Waals surface area contributed by atoms with Crippen molar-refractivity contribution in [2.45, 2.75) is 51.5 Å². The second-order valence-corrected chi connectivity index (χ2v) is 7.68. The maximum absolute atomic E-state index is 11.1. The van der Waals surface area contributed by atoms with Crippen molar-refractivity contribution in [3.05, 3.63) is 66.0 Å². The Bertz CT molecular complexity index is 935. The second kappa shape index (κ2) is 8.42. The highest BCUT2D eigenvalue weighted by Gasteiger charge is 2.16. The van der Waals surface area contributed by atoms with Gasteiger partial charge in [0.1, 0.15) is 5.82 Å². The van der Waals surface area contributed by atoms with E-state index >= 15 is 0 Å². The molecule has 3 aromatic rings. The molecule has 0 bridgehead atoms. The van der Waals surface area contributed by atoms with Gasteiger partial charge in [-0.3, -0.25) is 0 Å². The van der Waals surface area contributed by atoms with E-state index in [1.165, 1.54) is 50.9 Å². The molecule has 0 radical (unpaired) electrons. The first-order valence-corrected chi connectivity index (χ1v) is 10.1. The van der Waals surface area contributed by atoms with Crippen molar-refractivity contribution in [3.63, 3.8) is 0 Å².